The highest BCUT2D eigenvalue weighted by Gasteiger charge is 2.46. The van der Waals surface area contributed by atoms with E-state index in [0.29, 0.717) is 12.2 Å². The van der Waals surface area contributed by atoms with E-state index < -0.39 is 0 Å². The van der Waals surface area contributed by atoms with Gasteiger partial charge in [-0.25, -0.2) is 0 Å². The third-order valence-corrected chi connectivity index (χ3v) is 6.06. The standard InChI is InChI=1S/C18H32O2/c1-3-5-6-20-18-11-15-7-13-9-17(19-4-2)10-14(13)8-16(15)12-18/h13-18H,3-12H2,1-2H3. The summed E-state index contributed by atoms with van der Waals surface area (Å²) in [5.74, 6) is 3.84. The average molecular weight is 280 g/mol. The molecule has 2 nitrogen and oxygen atoms in total. The molecule has 2 heteroatoms. The van der Waals surface area contributed by atoms with Crippen molar-refractivity contribution in [1.82, 2.24) is 0 Å². The van der Waals surface area contributed by atoms with Crippen LogP contribution in [0, 0.1) is 23.7 Å². The molecular weight excluding hydrogens is 248 g/mol. The van der Waals surface area contributed by atoms with E-state index in [4.69, 9.17) is 9.47 Å². The summed E-state index contributed by atoms with van der Waals surface area (Å²) in [5, 5.41) is 0. The summed E-state index contributed by atoms with van der Waals surface area (Å²) in [4.78, 5) is 0. The molecule has 0 radical (unpaired) electrons. The van der Waals surface area contributed by atoms with E-state index in [0.717, 1.165) is 36.9 Å². The van der Waals surface area contributed by atoms with Crippen molar-refractivity contribution in [2.75, 3.05) is 13.2 Å². The Morgan fingerprint density at radius 2 is 1.20 bits per heavy atom. The minimum atomic E-state index is 0.574. The lowest BCUT2D eigenvalue weighted by Crippen LogP contribution is -2.25. The van der Waals surface area contributed by atoms with Crippen LogP contribution in [-0.2, 0) is 9.47 Å². The van der Waals surface area contributed by atoms with Crippen LogP contribution in [0.3, 0.4) is 0 Å². The molecule has 4 atom stereocenters. The molecule has 0 bridgehead atoms. The van der Waals surface area contributed by atoms with Crippen molar-refractivity contribution < 1.29 is 9.47 Å². The molecular formula is C18H32O2. The topological polar surface area (TPSA) is 18.5 Å². The van der Waals surface area contributed by atoms with Crippen LogP contribution in [0.25, 0.3) is 0 Å². The highest BCUT2D eigenvalue weighted by molar-refractivity contribution is 4.97. The smallest absolute Gasteiger partial charge is 0.0580 e. The molecule has 20 heavy (non-hydrogen) atoms. The second kappa shape index (κ2) is 6.79. The zero-order chi connectivity index (χ0) is 13.9. The predicted octanol–water partition coefficient (Wildman–Crippen LogP) is 4.42. The van der Waals surface area contributed by atoms with Crippen LogP contribution in [0.15, 0.2) is 0 Å². The van der Waals surface area contributed by atoms with E-state index in [1.165, 1.54) is 51.4 Å². The van der Waals surface area contributed by atoms with E-state index in [9.17, 15) is 0 Å². The Kier molecular flexibility index (Phi) is 5.04. The zero-order valence-corrected chi connectivity index (χ0v) is 13.4. The van der Waals surface area contributed by atoms with Gasteiger partial charge in [0.15, 0.2) is 0 Å². The molecule has 0 heterocycles. The Morgan fingerprint density at radius 3 is 1.65 bits per heavy atom. The Morgan fingerprint density at radius 1 is 0.700 bits per heavy atom. The molecule has 0 saturated heterocycles. The van der Waals surface area contributed by atoms with Crippen LogP contribution in [0.2, 0.25) is 0 Å². The maximum atomic E-state index is 6.09. The number of fused-ring (bicyclic) bond motifs is 2. The summed E-state index contributed by atoms with van der Waals surface area (Å²) in [6, 6.07) is 0. The number of ether oxygens (including phenoxy) is 2. The fourth-order valence-corrected chi connectivity index (χ4v) is 5.15. The molecule has 0 aliphatic heterocycles. The minimum Gasteiger partial charge on any atom is -0.378 e. The second-order valence-electron chi connectivity index (χ2n) is 7.38. The van der Waals surface area contributed by atoms with Gasteiger partial charge in [0.1, 0.15) is 0 Å². The SMILES string of the molecule is CCCCOC1CC2CC3CC(OCC)CC3CC2C1. The van der Waals surface area contributed by atoms with Gasteiger partial charge in [0.05, 0.1) is 12.2 Å². The molecule has 3 aliphatic carbocycles. The lowest BCUT2D eigenvalue weighted by Gasteiger charge is -2.34. The van der Waals surface area contributed by atoms with Crippen molar-refractivity contribution in [2.24, 2.45) is 23.7 Å². The van der Waals surface area contributed by atoms with E-state index in [1.807, 2.05) is 0 Å². The van der Waals surface area contributed by atoms with E-state index in [-0.39, 0.29) is 0 Å². The van der Waals surface area contributed by atoms with Gasteiger partial charge in [-0.2, -0.15) is 0 Å². The fourth-order valence-electron chi connectivity index (χ4n) is 5.15. The molecule has 0 spiro atoms. The Hall–Kier alpha value is -0.0800. The highest BCUT2D eigenvalue weighted by atomic mass is 16.5. The number of hydrogen-bond donors (Lipinski definition) is 0. The van der Waals surface area contributed by atoms with Crippen LogP contribution in [-0.4, -0.2) is 25.4 Å². The molecule has 0 aromatic carbocycles. The Balaban J connectivity index is 1.47. The molecule has 3 saturated carbocycles. The van der Waals surface area contributed by atoms with Crippen LogP contribution in [0.4, 0.5) is 0 Å². The maximum absolute atomic E-state index is 6.09. The largest absolute Gasteiger partial charge is 0.378 e. The van der Waals surface area contributed by atoms with Gasteiger partial charge in [0.2, 0.25) is 0 Å². The third-order valence-electron chi connectivity index (χ3n) is 6.06. The summed E-state index contributed by atoms with van der Waals surface area (Å²) in [6.45, 7) is 6.26. The monoisotopic (exact) mass is 280 g/mol. The van der Waals surface area contributed by atoms with E-state index >= 15 is 0 Å². The number of unbranched alkanes of at least 4 members (excludes halogenated alkanes) is 1. The van der Waals surface area contributed by atoms with Crippen molar-refractivity contribution in [3.8, 4) is 0 Å². The van der Waals surface area contributed by atoms with Crippen LogP contribution < -0.4 is 0 Å². The van der Waals surface area contributed by atoms with Gasteiger partial charge in [0.25, 0.3) is 0 Å². The molecule has 0 aromatic rings. The summed E-state index contributed by atoms with van der Waals surface area (Å²) in [7, 11) is 0. The Bertz CT molecular complexity index is 282. The first kappa shape index (κ1) is 14.8. The van der Waals surface area contributed by atoms with Crippen molar-refractivity contribution in [1.29, 1.82) is 0 Å². The molecule has 3 aliphatic rings. The lowest BCUT2D eigenvalue weighted by atomic mass is 9.71. The van der Waals surface area contributed by atoms with Crippen LogP contribution in [0.1, 0.15) is 65.2 Å². The molecule has 0 amide bonds. The van der Waals surface area contributed by atoms with Gasteiger partial charge in [0, 0.05) is 13.2 Å². The third kappa shape index (κ3) is 3.22. The number of hydrogen-bond acceptors (Lipinski definition) is 2. The maximum Gasteiger partial charge on any atom is 0.0580 e. The fraction of sp³-hybridized carbons (Fsp3) is 1.00. The van der Waals surface area contributed by atoms with Gasteiger partial charge < -0.3 is 9.47 Å². The summed E-state index contributed by atoms with van der Waals surface area (Å²) in [5.41, 5.74) is 0. The van der Waals surface area contributed by atoms with Crippen molar-refractivity contribution in [3.05, 3.63) is 0 Å². The molecule has 4 unspecified atom stereocenters. The Labute approximate surface area is 124 Å². The van der Waals surface area contributed by atoms with Crippen LogP contribution >= 0.6 is 0 Å². The molecule has 3 rings (SSSR count). The lowest BCUT2D eigenvalue weighted by molar-refractivity contribution is 0.0509. The quantitative estimate of drug-likeness (QED) is 0.670. The predicted molar refractivity (Wildman–Crippen MR) is 81.7 cm³/mol. The first-order valence-corrected chi connectivity index (χ1v) is 9.03. The van der Waals surface area contributed by atoms with Crippen molar-refractivity contribution in [3.63, 3.8) is 0 Å². The highest BCUT2D eigenvalue weighted by Crippen LogP contribution is 2.53. The van der Waals surface area contributed by atoms with Crippen LogP contribution in [0.5, 0.6) is 0 Å². The van der Waals surface area contributed by atoms with E-state index in [1.54, 1.807) is 0 Å². The van der Waals surface area contributed by atoms with Gasteiger partial charge in [-0.3, -0.25) is 0 Å². The van der Waals surface area contributed by atoms with Crippen molar-refractivity contribution in [2.45, 2.75) is 77.4 Å². The summed E-state index contributed by atoms with van der Waals surface area (Å²) in [6.07, 6.45) is 11.9. The molecule has 0 aromatic heterocycles. The normalized spacial score (nSPS) is 43.5. The van der Waals surface area contributed by atoms with Crippen molar-refractivity contribution >= 4 is 0 Å². The average Bonchev–Trinajstić information content (AvgIpc) is 2.98. The minimum absolute atomic E-state index is 0.574. The summed E-state index contributed by atoms with van der Waals surface area (Å²) >= 11 is 0. The number of rotatable bonds is 6. The van der Waals surface area contributed by atoms with Gasteiger partial charge in [-0.05, 0) is 75.5 Å². The zero-order valence-electron chi connectivity index (χ0n) is 13.4. The molecule has 0 N–H and O–H groups in total. The van der Waals surface area contributed by atoms with Gasteiger partial charge in [-0.1, -0.05) is 13.3 Å². The first-order valence-electron chi connectivity index (χ1n) is 9.03. The summed E-state index contributed by atoms with van der Waals surface area (Å²) < 4.78 is 12.0. The molecule has 116 valence electrons. The van der Waals surface area contributed by atoms with Gasteiger partial charge in [-0.15, -0.1) is 0 Å². The first-order chi connectivity index (χ1) is 9.80. The van der Waals surface area contributed by atoms with E-state index in [2.05, 4.69) is 13.8 Å². The van der Waals surface area contributed by atoms with Gasteiger partial charge >= 0.3 is 0 Å². The molecule has 3 fully saturated rings. The second-order valence-corrected chi connectivity index (χ2v) is 7.38.